The molecular weight excluding hydrogens is 228 g/mol. The molecule has 0 radical (unpaired) electrons. The Hall–Kier alpha value is -0.610. The Bertz CT molecular complexity index is 246. The average Bonchev–Trinajstić information content (AvgIpc) is 2.37. The Morgan fingerprint density at radius 1 is 1.50 bits per heavy atom. The number of esters is 1. The van der Waals surface area contributed by atoms with Gasteiger partial charge in [-0.3, -0.25) is 4.79 Å². The number of nitrogens with zero attached hydrogens (tertiary/aromatic N) is 1. The van der Waals surface area contributed by atoms with E-state index in [-0.39, 0.29) is 11.9 Å². The Morgan fingerprint density at radius 2 is 2.28 bits per heavy atom. The highest BCUT2D eigenvalue weighted by molar-refractivity contribution is 5.72. The maximum absolute atomic E-state index is 11.7. The second kappa shape index (κ2) is 8.48. The predicted molar refractivity (Wildman–Crippen MR) is 73.5 cm³/mol. The first-order chi connectivity index (χ1) is 8.67. The van der Waals surface area contributed by atoms with Crippen LogP contribution in [-0.2, 0) is 9.53 Å². The van der Waals surface area contributed by atoms with Gasteiger partial charge in [0, 0.05) is 13.1 Å². The Labute approximate surface area is 111 Å². The molecule has 2 atom stereocenters. The topological polar surface area (TPSA) is 41.6 Å². The summed E-state index contributed by atoms with van der Waals surface area (Å²) in [6.45, 7) is 11.9. The van der Waals surface area contributed by atoms with Gasteiger partial charge >= 0.3 is 5.97 Å². The van der Waals surface area contributed by atoms with Crippen LogP contribution in [0.2, 0.25) is 0 Å². The van der Waals surface area contributed by atoms with Crippen molar-refractivity contribution in [3.63, 3.8) is 0 Å². The van der Waals surface area contributed by atoms with Gasteiger partial charge in [0.05, 0.1) is 12.5 Å². The maximum atomic E-state index is 11.7. The number of likely N-dealkylation sites (tertiary alicyclic amines) is 1. The zero-order valence-electron chi connectivity index (χ0n) is 12.1. The van der Waals surface area contributed by atoms with Crippen LogP contribution >= 0.6 is 0 Å². The van der Waals surface area contributed by atoms with Crippen molar-refractivity contribution < 1.29 is 9.53 Å². The fourth-order valence-corrected chi connectivity index (χ4v) is 2.57. The smallest absolute Gasteiger partial charge is 0.310 e. The monoisotopic (exact) mass is 256 g/mol. The molecule has 0 bridgehead atoms. The van der Waals surface area contributed by atoms with Gasteiger partial charge in [-0.25, -0.2) is 0 Å². The molecule has 1 rings (SSSR count). The number of hydrogen-bond acceptors (Lipinski definition) is 4. The third-order valence-corrected chi connectivity index (χ3v) is 3.44. The SMILES string of the molecule is CCNCC(C)CN1CCCC(C(=O)OCC)C1. The minimum atomic E-state index is -0.0125. The van der Waals surface area contributed by atoms with Crippen LogP contribution in [0.25, 0.3) is 0 Å². The number of hydrogen-bond donors (Lipinski definition) is 1. The molecule has 0 spiro atoms. The molecule has 0 aliphatic carbocycles. The zero-order valence-corrected chi connectivity index (χ0v) is 12.1. The molecule has 0 aromatic rings. The molecule has 1 heterocycles. The van der Waals surface area contributed by atoms with Crippen molar-refractivity contribution in [1.29, 1.82) is 0 Å². The molecule has 0 saturated carbocycles. The molecule has 4 heteroatoms. The van der Waals surface area contributed by atoms with Crippen LogP contribution in [0, 0.1) is 11.8 Å². The van der Waals surface area contributed by atoms with E-state index in [2.05, 4.69) is 24.1 Å². The number of ether oxygens (including phenoxy) is 1. The summed E-state index contributed by atoms with van der Waals surface area (Å²) >= 11 is 0. The van der Waals surface area contributed by atoms with Crippen LogP contribution < -0.4 is 5.32 Å². The number of piperidine rings is 1. The van der Waals surface area contributed by atoms with Gasteiger partial charge in [0.15, 0.2) is 0 Å². The molecule has 0 aromatic heterocycles. The molecule has 1 N–H and O–H groups in total. The largest absolute Gasteiger partial charge is 0.466 e. The highest BCUT2D eigenvalue weighted by Gasteiger charge is 2.27. The van der Waals surface area contributed by atoms with Gasteiger partial charge in [-0.2, -0.15) is 0 Å². The first-order valence-electron chi connectivity index (χ1n) is 7.27. The van der Waals surface area contributed by atoms with Crippen molar-refractivity contribution in [3.05, 3.63) is 0 Å². The summed E-state index contributed by atoms with van der Waals surface area (Å²) in [7, 11) is 0. The number of carbonyl (C=O) groups excluding carboxylic acids is 1. The lowest BCUT2D eigenvalue weighted by Gasteiger charge is -2.33. The van der Waals surface area contributed by atoms with Crippen molar-refractivity contribution in [2.75, 3.05) is 39.3 Å². The molecule has 1 aliphatic rings. The minimum Gasteiger partial charge on any atom is -0.466 e. The number of nitrogens with one attached hydrogen (secondary N) is 1. The Morgan fingerprint density at radius 3 is 2.94 bits per heavy atom. The summed E-state index contributed by atoms with van der Waals surface area (Å²) in [5.74, 6) is 0.706. The first kappa shape index (κ1) is 15.4. The van der Waals surface area contributed by atoms with Crippen LogP contribution in [0.3, 0.4) is 0 Å². The normalized spacial score (nSPS) is 22.7. The molecule has 0 amide bonds. The van der Waals surface area contributed by atoms with Crippen LogP contribution in [0.1, 0.15) is 33.6 Å². The second-order valence-electron chi connectivity index (χ2n) is 5.26. The van der Waals surface area contributed by atoms with Crippen molar-refractivity contribution in [3.8, 4) is 0 Å². The van der Waals surface area contributed by atoms with E-state index in [1.807, 2.05) is 6.92 Å². The van der Waals surface area contributed by atoms with Crippen LogP contribution in [0.4, 0.5) is 0 Å². The summed E-state index contributed by atoms with van der Waals surface area (Å²) < 4.78 is 5.12. The third-order valence-electron chi connectivity index (χ3n) is 3.44. The quantitative estimate of drug-likeness (QED) is 0.701. The van der Waals surface area contributed by atoms with Gasteiger partial charge in [0.1, 0.15) is 0 Å². The summed E-state index contributed by atoms with van der Waals surface area (Å²) in [4.78, 5) is 14.2. The van der Waals surface area contributed by atoms with E-state index in [9.17, 15) is 4.79 Å². The predicted octanol–water partition coefficient (Wildman–Crippen LogP) is 1.51. The molecular formula is C14H28N2O2. The van der Waals surface area contributed by atoms with Crippen LogP contribution in [-0.4, -0.2) is 50.2 Å². The second-order valence-corrected chi connectivity index (χ2v) is 5.26. The van der Waals surface area contributed by atoms with Crippen molar-refractivity contribution in [2.24, 2.45) is 11.8 Å². The Kier molecular flexibility index (Phi) is 7.28. The van der Waals surface area contributed by atoms with E-state index in [0.29, 0.717) is 12.5 Å². The number of carbonyl (C=O) groups is 1. The summed E-state index contributed by atoms with van der Waals surface area (Å²) in [6.07, 6.45) is 2.09. The summed E-state index contributed by atoms with van der Waals surface area (Å²) in [5.41, 5.74) is 0. The van der Waals surface area contributed by atoms with Gasteiger partial charge in [0.25, 0.3) is 0 Å². The summed E-state index contributed by atoms with van der Waals surface area (Å²) in [6, 6.07) is 0. The molecule has 1 saturated heterocycles. The molecule has 4 nitrogen and oxygen atoms in total. The molecule has 1 aliphatic heterocycles. The Balaban J connectivity index is 2.32. The zero-order chi connectivity index (χ0) is 13.4. The van der Waals surface area contributed by atoms with Gasteiger partial charge in [-0.05, 0) is 45.3 Å². The van der Waals surface area contributed by atoms with Crippen molar-refractivity contribution >= 4 is 5.97 Å². The van der Waals surface area contributed by atoms with Gasteiger partial charge in [-0.1, -0.05) is 13.8 Å². The lowest BCUT2D eigenvalue weighted by atomic mass is 9.97. The van der Waals surface area contributed by atoms with Crippen LogP contribution in [0.5, 0.6) is 0 Å². The molecule has 106 valence electrons. The van der Waals surface area contributed by atoms with E-state index < -0.39 is 0 Å². The molecule has 2 unspecified atom stereocenters. The van der Waals surface area contributed by atoms with Gasteiger partial charge < -0.3 is 15.0 Å². The maximum Gasteiger partial charge on any atom is 0.310 e. The highest BCUT2D eigenvalue weighted by Crippen LogP contribution is 2.18. The van der Waals surface area contributed by atoms with Crippen LogP contribution in [0.15, 0.2) is 0 Å². The molecule has 1 fully saturated rings. The van der Waals surface area contributed by atoms with E-state index in [1.54, 1.807) is 0 Å². The van der Waals surface area contributed by atoms with E-state index in [1.165, 1.54) is 0 Å². The lowest BCUT2D eigenvalue weighted by molar-refractivity contribution is -0.150. The minimum absolute atomic E-state index is 0.0125. The molecule has 0 aromatic carbocycles. The lowest BCUT2D eigenvalue weighted by Crippen LogP contribution is -2.42. The van der Waals surface area contributed by atoms with Crippen molar-refractivity contribution in [2.45, 2.75) is 33.6 Å². The van der Waals surface area contributed by atoms with E-state index >= 15 is 0 Å². The summed E-state index contributed by atoms with van der Waals surface area (Å²) in [5, 5.41) is 3.37. The highest BCUT2D eigenvalue weighted by atomic mass is 16.5. The standard InChI is InChI=1S/C14H28N2O2/c1-4-15-9-12(3)10-16-8-6-7-13(11-16)14(17)18-5-2/h12-13,15H,4-11H2,1-3H3. The number of rotatable bonds is 7. The van der Waals surface area contributed by atoms with Gasteiger partial charge in [-0.15, -0.1) is 0 Å². The van der Waals surface area contributed by atoms with E-state index in [4.69, 9.17) is 4.74 Å². The third kappa shape index (κ3) is 5.36. The fourth-order valence-electron chi connectivity index (χ4n) is 2.57. The average molecular weight is 256 g/mol. The first-order valence-corrected chi connectivity index (χ1v) is 7.27. The fraction of sp³-hybridized carbons (Fsp3) is 0.929. The van der Waals surface area contributed by atoms with E-state index in [0.717, 1.165) is 45.6 Å². The molecule has 18 heavy (non-hydrogen) atoms. The van der Waals surface area contributed by atoms with Gasteiger partial charge in [0.2, 0.25) is 0 Å². The van der Waals surface area contributed by atoms with Crippen molar-refractivity contribution in [1.82, 2.24) is 10.2 Å².